The molecule has 0 bridgehead atoms. The highest BCUT2D eigenvalue weighted by Gasteiger charge is 2.04. The monoisotopic (exact) mass is 191 g/mol. The number of hydrogen-bond donors (Lipinski definition) is 3. The van der Waals surface area contributed by atoms with Gasteiger partial charge in [-0.25, -0.2) is 9.97 Å². The van der Waals surface area contributed by atoms with E-state index in [0.717, 1.165) is 5.52 Å². The number of aromatic amines is 1. The quantitative estimate of drug-likeness (QED) is 0.274. The van der Waals surface area contributed by atoms with Crippen molar-refractivity contribution >= 4 is 17.0 Å². The molecule has 0 aliphatic heterocycles. The lowest BCUT2D eigenvalue weighted by Gasteiger charge is -1.91. The van der Waals surface area contributed by atoms with Crippen LogP contribution < -0.4 is 5.73 Å². The summed E-state index contributed by atoms with van der Waals surface area (Å²) >= 11 is 0. The van der Waals surface area contributed by atoms with Gasteiger partial charge in [-0.3, -0.25) is 0 Å². The maximum Gasteiger partial charge on any atom is 0.177 e. The van der Waals surface area contributed by atoms with Crippen LogP contribution in [-0.2, 0) is 6.42 Å². The Kier molecular flexibility index (Phi) is 2.02. The molecular weight excluding hydrogens is 182 g/mol. The molecule has 72 valence electrons. The minimum Gasteiger partial charge on any atom is -0.409 e. The number of imidazole rings is 1. The molecule has 0 aromatic carbocycles. The summed E-state index contributed by atoms with van der Waals surface area (Å²) in [6.45, 7) is 0. The third kappa shape index (κ3) is 1.49. The number of nitrogens with one attached hydrogen (secondary N) is 1. The van der Waals surface area contributed by atoms with E-state index in [0.29, 0.717) is 11.5 Å². The molecule has 0 aliphatic carbocycles. The van der Waals surface area contributed by atoms with Gasteiger partial charge in [-0.05, 0) is 12.1 Å². The van der Waals surface area contributed by atoms with Crippen LogP contribution in [-0.4, -0.2) is 26.0 Å². The summed E-state index contributed by atoms with van der Waals surface area (Å²) in [5, 5.41) is 11.2. The first-order valence-corrected chi connectivity index (χ1v) is 4.05. The number of nitrogens with zero attached hydrogens (tertiary/aromatic N) is 3. The van der Waals surface area contributed by atoms with Crippen molar-refractivity contribution in [1.29, 1.82) is 0 Å². The number of H-pyrrole nitrogens is 1. The Morgan fingerprint density at radius 3 is 3.21 bits per heavy atom. The summed E-state index contributed by atoms with van der Waals surface area (Å²) in [4.78, 5) is 11.2. The lowest BCUT2D eigenvalue weighted by Crippen LogP contribution is -2.15. The van der Waals surface area contributed by atoms with Gasteiger partial charge in [0.2, 0.25) is 0 Å². The third-order valence-corrected chi connectivity index (χ3v) is 1.78. The van der Waals surface area contributed by atoms with Crippen LogP contribution in [0, 0.1) is 0 Å². The molecule has 0 amide bonds. The summed E-state index contributed by atoms with van der Waals surface area (Å²) in [5.74, 6) is 0.748. The van der Waals surface area contributed by atoms with E-state index in [1.54, 1.807) is 6.20 Å². The number of oxime groups is 1. The fraction of sp³-hybridized carbons (Fsp3) is 0.125. The fourth-order valence-corrected chi connectivity index (χ4v) is 1.19. The van der Waals surface area contributed by atoms with E-state index < -0.39 is 0 Å². The maximum absolute atomic E-state index is 8.38. The molecule has 0 fully saturated rings. The predicted molar refractivity (Wildman–Crippen MR) is 51.0 cm³/mol. The Labute approximate surface area is 79.5 Å². The van der Waals surface area contributed by atoms with E-state index in [2.05, 4.69) is 20.1 Å². The van der Waals surface area contributed by atoms with E-state index in [1.807, 2.05) is 12.1 Å². The van der Waals surface area contributed by atoms with Gasteiger partial charge in [-0.15, -0.1) is 0 Å². The molecule has 0 radical (unpaired) electrons. The van der Waals surface area contributed by atoms with E-state index in [9.17, 15) is 0 Å². The molecule has 0 spiro atoms. The van der Waals surface area contributed by atoms with Crippen molar-refractivity contribution in [2.45, 2.75) is 6.42 Å². The SMILES string of the molecule is NC(Cc1nc2ncccc2[nH]1)=NO. The zero-order valence-electron chi connectivity index (χ0n) is 7.31. The topological polar surface area (TPSA) is 100 Å². The number of amidine groups is 1. The van der Waals surface area contributed by atoms with Crippen molar-refractivity contribution < 1.29 is 5.21 Å². The third-order valence-electron chi connectivity index (χ3n) is 1.78. The second kappa shape index (κ2) is 3.33. The normalized spacial score (nSPS) is 12.1. The zero-order chi connectivity index (χ0) is 9.97. The Balaban J connectivity index is 2.36. The smallest absolute Gasteiger partial charge is 0.177 e. The lowest BCUT2D eigenvalue weighted by atomic mass is 10.4. The van der Waals surface area contributed by atoms with Crippen molar-refractivity contribution in [2.75, 3.05) is 0 Å². The van der Waals surface area contributed by atoms with Gasteiger partial charge in [0.25, 0.3) is 0 Å². The van der Waals surface area contributed by atoms with Gasteiger partial charge in [-0.1, -0.05) is 5.16 Å². The molecule has 0 saturated heterocycles. The maximum atomic E-state index is 8.38. The molecule has 0 saturated carbocycles. The van der Waals surface area contributed by atoms with Crippen molar-refractivity contribution in [3.05, 3.63) is 24.2 Å². The van der Waals surface area contributed by atoms with E-state index in [1.165, 1.54) is 0 Å². The number of pyridine rings is 1. The summed E-state index contributed by atoms with van der Waals surface area (Å²) in [6.07, 6.45) is 1.95. The van der Waals surface area contributed by atoms with Gasteiger partial charge >= 0.3 is 0 Å². The minimum atomic E-state index is 0.115. The molecule has 2 heterocycles. The number of rotatable bonds is 2. The molecule has 0 atom stereocenters. The molecule has 2 aromatic heterocycles. The van der Waals surface area contributed by atoms with Crippen molar-refractivity contribution in [1.82, 2.24) is 15.0 Å². The zero-order valence-corrected chi connectivity index (χ0v) is 7.31. The summed E-state index contributed by atoms with van der Waals surface area (Å²) < 4.78 is 0. The molecule has 2 aromatic rings. The summed E-state index contributed by atoms with van der Waals surface area (Å²) in [6, 6.07) is 3.68. The molecule has 6 heteroatoms. The molecular formula is C8H9N5O. The number of hydrogen-bond acceptors (Lipinski definition) is 4. The second-order valence-corrected chi connectivity index (χ2v) is 2.83. The molecule has 2 rings (SSSR count). The highest BCUT2D eigenvalue weighted by molar-refractivity contribution is 5.82. The van der Waals surface area contributed by atoms with Gasteiger partial charge in [0, 0.05) is 6.20 Å². The Hall–Kier alpha value is -2.11. The van der Waals surface area contributed by atoms with Crippen LogP contribution in [0.1, 0.15) is 5.82 Å². The highest BCUT2D eigenvalue weighted by atomic mass is 16.4. The van der Waals surface area contributed by atoms with E-state index in [-0.39, 0.29) is 12.3 Å². The Morgan fingerprint density at radius 2 is 2.50 bits per heavy atom. The van der Waals surface area contributed by atoms with E-state index in [4.69, 9.17) is 10.9 Å². The van der Waals surface area contributed by atoms with Crippen LogP contribution in [0.25, 0.3) is 11.2 Å². The van der Waals surface area contributed by atoms with Gasteiger partial charge in [0.15, 0.2) is 5.65 Å². The average molecular weight is 191 g/mol. The van der Waals surface area contributed by atoms with Crippen molar-refractivity contribution in [2.24, 2.45) is 10.9 Å². The predicted octanol–water partition coefficient (Wildman–Crippen LogP) is 0.247. The minimum absolute atomic E-state index is 0.115. The van der Waals surface area contributed by atoms with Crippen LogP contribution in [0.5, 0.6) is 0 Å². The van der Waals surface area contributed by atoms with Crippen LogP contribution in [0.15, 0.2) is 23.5 Å². The van der Waals surface area contributed by atoms with Crippen LogP contribution >= 0.6 is 0 Å². The van der Waals surface area contributed by atoms with Crippen LogP contribution in [0.4, 0.5) is 0 Å². The first-order chi connectivity index (χ1) is 6.79. The second-order valence-electron chi connectivity index (χ2n) is 2.83. The van der Waals surface area contributed by atoms with Crippen molar-refractivity contribution in [3.63, 3.8) is 0 Å². The molecule has 0 unspecified atom stereocenters. The molecule has 0 aliphatic rings. The molecule has 6 nitrogen and oxygen atoms in total. The fourth-order valence-electron chi connectivity index (χ4n) is 1.19. The summed E-state index contributed by atoms with van der Waals surface area (Å²) in [5.41, 5.74) is 6.82. The molecule has 14 heavy (non-hydrogen) atoms. The number of nitrogens with two attached hydrogens (primary N) is 1. The first kappa shape index (κ1) is 8.49. The van der Waals surface area contributed by atoms with Gasteiger partial charge in [0.05, 0.1) is 11.9 Å². The van der Waals surface area contributed by atoms with Crippen LogP contribution in [0.2, 0.25) is 0 Å². The van der Waals surface area contributed by atoms with Gasteiger partial charge in [0.1, 0.15) is 11.7 Å². The lowest BCUT2D eigenvalue weighted by molar-refractivity contribution is 0.317. The summed E-state index contributed by atoms with van der Waals surface area (Å²) in [7, 11) is 0. The molecule has 4 N–H and O–H groups in total. The largest absolute Gasteiger partial charge is 0.409 e. The highest BCUT2D eigenvalue weighted by Crippen LogP contribution is 2.07. The van der Waals surface area contributed by atoms with Gasteiger partial charge in [-0.2, -0.15) is 0 Å². The van der Waals surface area contributed by atoms with E-state index >= 15 is 0 Å². The number of fused-ring (bicyclic) bond motifs is 1. The van der Waals surface area contributed by atoms with Crippen molar-refractivity contribution in [3.8, 4) is 0 Å². The Morgan fingerprint density at radius 1 is 1.64 bits per heavy atom. The van der Waals surface area contributed by atoms with Crippen LogP contribution in [0.3, 0.4) is 0 Å². The standard InChI is InChI=1S/C8H9N5O/c9-6(13-14)4-7-11-5-2-1-3-10-8(5)12-7/h1-3,14H,4H2,(H2,9,13)(H,10,11,12). The first-order valence-electron chi connectivity index (χ1n) is 4.05. The Bertz CT molecular complexity index is 442. The number of aromatic nitrogens is 3. The van der Waals surface area contributed by atoms with Gasteiger partial charge < -0.3 is 15.9 Å². The average Bonchev–Trinajstić information content (AvgIpc) is 2.59.